The smallest absolute Gasteiger partial charge is 0.123 e. The summed E-state index contributed by atoms with van der Waals surface area (Å²) in [5.74, 6) is 0.466. The van der Waals surface area contributed by atoms with E-state index in [0.717, 1.165) is 17.8 Å². The highest BCUT2D eigenvalue weighted by Crippen LogP contribution is 2.33. The van der Waals surface area contributed by atoms with E-state index in [4.69, 9.17) is 5.73 Å². The van der Waals surface area contributed by atoms with Crippen LogP contribution in [0.3, 0.4) is 0 Å². The second-order valence-electron chi connectivity index (χ2n) is 5.55. The molecular formula is C15H23FN2. The zero-order valence-electron chi connectivity index (χ0n) is 11.5. The Bertz CT molecular complexity index is 417. The van der Waals surface area contributed by atoms with Crippen LogP contribution in [-0.2, 0) is 0 Å². The molecule has 2 unspecified atom stereocenters. The Morgan fingerprint density at radius 1 is 1.39 bits per heavy atom. The summed E-state index contributed by atoms with van der Waals surface area (Å²) in [4.78, 5) is 2.38. The molecule has 1 saturated heterocycles. The van der Waals surface area contributed by atoms with E-state index >= 15 is 0 Å². The van der Waals surface area contributed by atoms with E-state index in [2.05, 4.69) is 18.7 Å². The number of piperidine rings is 1. The Balaban J connectivity index is 2.37. The first-order chi connectivity index (χ1) is 8.50. The standard InChI is InChI=1S/C15H23FN2/c1-10-5-4-8-18(12(10)3)15-7-6-13(16)9-14(15)11(2)17/h6-7,9-12H,4-5,8,17H2,1-3H3/t10?,11-,12?/m0/s1. The number of halogens is 1. The van der Waals surface area contributed by atoms with Crippen LogP contribution in [0, 0.1) is 11.7 Å². The summed E-state index contributed by atoms with van der Waals surface area (Å²) in [5, 5.41) is 0. The predicted octanol–water partition coefficient (Wildman–Crippen LogP) is 3.47. The summed E-state index contributed by atoms with van der Waals surface area (Å²) in [6, 6.07) is 5.34. The minimum atomic E-state index is -0.205. The van der Waals surface area contributed by atoms with Gasteiger partial charge in [0.15, 0.2) is 0 Å². The van der Waals surface area contributed by atoms with Gasteiger partial charge in [0, 0.05) is 24.3 Å². The van der Waals surface area contributed by atoms with E-state index in [1.165, 1.54) is 18.9 Å². The highest BCUT2D eigenvalue weighted by molar-refractivity contribution is 5.56. The molecule has 1 aromatic carbocycles. The van der Waals surface area contributed by atoms with Crippen molar-refractivity contribution in [2.24, 2.45) is 11.7 Å². The van der Waals surface area contributed by atoms with Gasteiger partial charge in [0.1, 0.15) is 5.82 Å². The highest BCUT2D eigenvalue weighted by atomic mass is 19.1. The maximum Gasteiger partial charge on any atom is 0.123 e. The Morgan fingerprint density at radius 3 is 2.78 bits per heavy atom. The lowest BCUT2D eigenvalue weighted by Gasteiger charge is -2.41. The SMILES string of the molecule is CC1CCCN(c2ccc(F)cc2[C@H](C)N)C1C. The number of nitrogens with zero attached hydrogens (tertiary/aromatic N) is 1. The van der Waals surface area contributed by atoms with Gasteiger partial charge >= 0.3 is 0 Å². The molecule has 0 radical (unpaired) electrons. The molecule has 0 bridgehead atoms. The van der Waals surface area contributed by atoms with Crippen molar-refractivity contribution in [2.75, 3.05) is 11.4 Å². The molecule has 1 heterocycles. The maximum atomic E-state index is 13.4. The Kier molecular flexibility index (Phi) is 3.91. The van der Waals surface area contributed by atoms with Crippen LogP contribution in [0.4, 0.5) is 10.1 Å². The minimum Gasteiger partial charge on any atom is -0.368 e. The third kappa shape index (κ3) is 2.51. The molecule has 3 heteroatoms. The predicted molar refractivity (Wildman–Crippen MR) is 74.2 cm³/mol. The molecule has 0 saturated carbocycles. The average molecular weight is 250 g/mol. The van der Waals surface area contributed by atoms with E-state index in [9.17, 15) is 4.39 Å². The van der Waals surface area contributed by atoms with E-state index in [0.29, 0.717) is 12.0 Å². The second-order valence-corrected chi connectivity index (χ2v) is 5.55. The Hall–Kier alpha value is -1.09. The summed E-state index contributed by atoms with van der Waals surface area (Å²) in [5.41, 5.74) is 7.99. The molecule has 0 aliphatic carbocycles. The van der Waals surface area contributed by atoms with E-state index in [-0.39, 0.29) is 11.9 Å². The van der Waals surface area contributed by atoms with Gasteiger partial charge in [0.05, 0.1) is 0 Å². The summed E-state index contributed by atoms with van der Waals surface area (Å²) in [6.07, 6.45) is 2.47. The van der Waals surface area contributed by atoms with Crippen LogP contribution >= 0.6 is 0 Å². The Labute approximate surface area is 109 Å². The van der Waals surface area contributed by atoms with Crippen molar-refractivity contribution in [1.82, 2.24) is 0 Å². The van der Waals surface area contributed by atoms with Crippen LogP contribution in [0.1, 0.15) is 45.2 Å². The fourth-order valence-corrected chi connectivity index (χ4v) is 2.83. The first kappa shape index (κ1) is 13.3. The zero-order chi connectivity index (χ0) is 13.3. The second kappa shape index (κ2) is 5.27. The quantitative estimate of drug-likeness (QED) is 0.871. The van der Waals surface area contributed by atoms with Gasteiger partial charge in [0.25, 0.3) is 0 Å². The normalized spacial score (nSPS) is 26.2. The molecule has 3 atom stereocenters. The monoisotopic (exact) mass is 250 g/mol. The lowest BCUT2D eigenvalue weighted by Crippen LogP contribution is -2.43. The van der Waals surface area contributed by atoms with E-state index in [1.54, 1.807) is 6.07 Å². The van der Waals surface area contributed by atoms with Gasteiger partial charge in [-0.15, -0.1) is 0 Å². The lowest BCUT2D eigenvalue weighted by atomic mass is 9.90. The van der Waals surface area contributed by atoms with Crippen molar-refractivity contribution in [1.29, 1.82) is 0 Å². The van der Waals surface area contributed by atoms with Gasteiger partial charge in [-0.1, -0.05) is 6.92 Å². The molecule has 1 aliphatic rings. The van der Waals surface area contributed by atoms with Crippen molar-refractivity contribution in [2.45, 2.75) is 45.7 Å². The number of hydrogen-bond donors (Lipinski definition) is 1. The molecule has 1 aliphatic heterocycles. The van der Waals surface area contributed by atoms with Crippen molar-refractivity contribution in [3.8, 4) is 0 Å². The Morgan fingerprint density at radius 2 is 2.11 bits per heavy atom. The minimum absolute atomic E-state index is 0.139. The van der Waals surface area contributed by atoms with Crippen molar-refractivity contribution in [3.63, 3.8) is 0 Å². The number of benzene rings is 1. The van der Waals surface area contributed by atoms with Gasteiger partial charge in [-0.25, -0.2) is 4.39 Å². The van der Waals surface area contributed by atoms with Crippen LogP contribution < -0.4 is 10.6 Å². The molecule has 1 aromatic rings. The fourth-order valence-electron chi connectivity index (χ4n) is 2.83. The fraction of sp³-hybridized carbons (Fsp3) is 0.600. The third-order valence-electron chi connectivity index (χ3n) is 4.16. The van der Waals surface area contributed by atoms with Gasteiger partial charge in [-0.2, -0.15) is 0 Å². The summed E-state index contributed by atoms with van der Waals surface area (Å²) < 4.78 is 13.4. The molecule has 0 aromatic heterocycles. The van der Waals surface area contributed by atoms with Crippen LogP contribution in [-0.4, -0.2) is 12.6 Å². The molecule has 0 spiro atoms. The highest BCUT2D eigenvalue weighted by Gasteiger charge is 2.26. The molecule has 1 fully saturated rings. The van der Waals surface area contributed by atoms with Crippen LogP contribution in [0.2, 0.25) is 0 Å². The number of anilines is 1. The van der Waals surface area contributed by atoms with Gasteiger partial charge < -0.3 is 10.6 Å². The third-order valence-corrected chi connectivity index (χ3v) is 4.16. The molecule has 18 heavy (non-hydrogen) atoms. The topological polar surface area (TPSA) is 29.3 Å². The number of nitrogens with two attached hydrogens (primary N) is 1. The number of hydrogen-bond acceptors (Lipinski definition) is 2. The molecule has 2 N–H and O–H groups in total. The maximum absolute atomic E-state index is 13.4. The van der Waals surface area contributed by atoms with Gasteiger partial charge in [0.2, 0.25) is 0 Å². The lowest BCUT2D eigenvalue weighted by molar-refractivity contribution is 0.362. The molecule has 2 rings (SSSR count). The van der Waals surface area contributed by atoms with E-state index < -0.39 is 0 Å². The zero-order valence-corrected chi connectivity index (χ0v) is 11.5. The molecule has 2 nitrogen and oxygen atoms in total. The van der Waals surface area contributed by atoms with Crippen LogP contribution in [0.15, 0.2) is 18.2 Å². The largest absolute Gasteiger partial charge is 0.368 e. The average Bonchev–Trinajstić information content (AvgIpc) is 2.33. The van der Waals surface area contributed by atoms with Crippen LogP contribution in [0.25, 0.3) is 0 Å². The summed E-state index contributed by atoms with van der Waals surface area (Å²) >= 11 is 0. The first-order valence-corrected chi connectivity index (χ1v) is 6.82. The van der Waals surface area contributed by atoms with Crippen molar-refractivity contribution >= 4 is 5.69 Å². The summed E-state index contributed by atoms with van der Waals surface area (Å²) in [7, 11) is 0. The molecule has 100 valence electrons. The first-order valence-electron chi connectivity index (χ1n) is 6.82. The van der Waals surface area contributed by atoms with E-state index in [1.807, 2.05) is 13.0 Å². The van der Waals surface area contributed by atoms with Gasteiger partial charge in [-0.05, 0) is 56.4 Å². The van der Waals surface area contributed by atoms with Crippen LogP contribution in [0.5, 0.6) is 0 Å². The van der Waals surface area contributed by atoms with Gasteiger partial charge in [-0.3, -0.25) is 0 Å². The molecular weight excluding hydrogens is 227 g/mol. The number of rotatable bonds is 2. The molecule has 0 amide bonds. The van der Waals surface area contributed by atoms with Crippen molar-refractivity contribution in [3.05, 3.63) is 29.6 Å². The van der Waals surface area contributed by atoms with Crippen molar-refractivity contribution < 1.29 is 4.39 Å². The summed E-state index contributed by atoms with van der Waals surface area (Å²) in [6.45, 7) is 7.48.